The Kier molecular flexibility index (Phi) is 6.35. The van der Waals surface area contributed by atoms with Gasteiger partial charge in [-0.2, -0.15) is 9.97 Å². The minimum atomic E-state index is -0.593. The monoisotopic (exact) mass is 478 g/mol. The van der Waals surface area contributed by atoms with Crippen LogP contribution in [0.25, 0.3) is 22.1 Å². The van der Waals surface area contributed by atoms with Crippen LogP contribution < -0.4 is 22.1 Å². The zero-order valence-corrected chi connectivity index (χ0v) is 18.8. The second-order valence-electron chi connectivity index (χ2n) is 8.31. The summed E-state index contributed by atoms with van der Waals surface area (Å²) in [6.45, 7) is 0.489. The predicted octanol–water partition coefficient (Wildman–Crippen LogP) is 0.277. The number of hydrogen-bond donors (Lipinski definition) is 6. The highest BCUT2D eigenvalue weighted by molar-refractivity contribution is 5.87. The first kappa shape index (κ1) is 22.8. The molecular weight excluding hydrogens is 452 g/mol. The lowest BCUT2D eigenvalue weighted by molar-refractivity contribution is 0.118. The van der Waals surface area contributed by atoms with Crippen molar-refractivity contribution in [3.05, 3.63) is 36.2 Å². The number of anilines is 4. The van der Waals surface area contributed by atoms with Gasteiger partial charge < -0.3 is 37.1 Å². The lowest BCUT2D eigenvalue weighted by Gasteiger charge is -2.16. The molecule has 2 atom stereocenters. The van der Waals surface area contributed by atoms with E-state index in [1.165, 1.54) is 0 Å². The number of aliphatic hydroxyl groups excluding tert-OH is 2. The van der Waals surface area contributed by atoms with Crippen LogP contribution in [0.3, 0.4) is 0 Å². The molecule has 8 N–H and O–H groups in total. The minimum Gasteiger partial charge on any atom is -0.394 e. The van der Waals surface area contributed by atoms with E-state index in [1.54, 1.807) is 12.3 Å². The molecule has 5 heterocycles. The summed E-state index contributed by atoms with van der Waals surface area (Å²) in [7, 11) is 0. The standard InChI is InChI=1S/C22H26N10O3/c23-21-29-15-2-1-5-25-17(15)19(31-21)26-7-13-6-11(10-35-13)14-3-4-16-18(28-14)20(32-22(24)30-16)27-12(8-33)9-34/h1-5,11-13,33-34H,6-10H2,(H3,23,26,29,31)(H3,24,27,30,32). The average Bonchev–Trinajstić information content (AvgIpc) is 3.34. The van der Waals surface area contributed by atoms with Crippen LogP contribution in [-0.4, -0.2) is 78.6 Å². The van der Waals surface area contributed by atoms with E-state index in [-0.39, 0.29) is 37.1 Å². The van der Waals surface area contributed by atoms with Crippen molar-refractivity contribution in [3.63, 3.8) is 0 Å². The van der Waals surface area contributed by atoms with Crippen molar-refractivity contribution in [1.29, 1.82) is 0 Å². The van der Waals surface area contributed by atoms with Crippen LogP contribution in [-0.2, 0) is 4.74 Å². The third-order valence-corrected chi connectivity index (χ3v) is 5.83. The Bertz CT molecular complexity index is 1350. The van der Waals surface area contributed by atoms with Crippen molar-refractivity contribution in [3.8, 4) is 0 Å². The molecule has 0 bridgehead atoms. The normalized spacial score (nSPS) is 17.9. The molecule has 1 aliphatic heterocycles. The maximum absolute atomic E-state index is 9.43. The molecule has 0 aromatic carbocycles. The Balaban J connectivity index is 1.32. The van der Waals surface area contributed by atoms with E-state index in [9.17, 15) is 10.2 Å². The van der Waals surface area contributed by atoms with Crippen LogP contribution in [0, 0.1) is 0 Å². The van der Waals surface area contributed by atoms with Gasteiger partial charge in [0.05, 0.1) is 43.0 Å². The number of pyridine rings is 2. The summed E-state index contributed by atoms with van der Waals surface area (Å²) in [5, 5.41) is 25.1. The largest absolute Gasteiger partial charge is 0.394 e. The van der Waals surface area contributed by atoms with Crippen molar-refractivity contribution >= 4 is 45.6 Å². The first-order valence-electron chi connectivity index (χ1n) is 11.2. The minimum absolute atomic E-state index is 0.0634. The Morgan fingerprint density at radius 2 is 1.69 bits per heavy atom. The van der Waals surface area contributed by atoms with Crippen molar-refractivity contribution in [2.75, 3.05) is 48.5 Å². The van der Waals surface area contributed by atoms with Crippen LogP contribution >= 0.6 is 0 Å². The maximum Gasteiger partial charge on any atom is 0.222 e. The summed E-state index contributed by atoms with van der Waals surface area (Å²) < 4.78 is 6.01. The molecular formula is C22H26N10O3. The molecule has 0 radical (unpaired) electrons. The molecule has 13 nitrogen and oxygen atoms in total. The van der Waals surface area contributed by atoms with Gasteiger partial charge >= 0.3 is 0 Å². The summed E-state index contributed by atoms with van der Waals surface area (Å²) in [5.41, 5.74) is 14.9. The molecule has 0 saturated carbocycles. The van der Waals surface area contributed by atoms with Gasteiger partial charge in [-0.3, -0.25) is 4.98 Å². The zero-order valence-electron chi connectivity index (χ0n) is 18.8. The number of nitrogen functional groups attached to an aromatic ring is 2. The Morgan fingerprint density at radius 3 is 2.46 bits per heavy atom. The van der Waals surface area contributed by atoms with Gasteiger partial charge in [-0.25, -0.2) is 15.0 Å². The highest BCUT2D eigenvalue weighted by Gasteiger charge is 2.28. The molecule has 4 aromatic rings. The van der Waals surface area contributed by atoms with Gasteiger partial charge in [0.1, 0.15) is 11.0 Å². The molecule has 0 spiro atoms. The van der Waals surface area contributed by atoms with Crippen LogP contribution in [0.15, 0.2) is 30.5 Å². The van der Waals surface area contributed by atoms with Gasteiger partial charge in [-0.05, 0) is 30.7 Å². The number of rotatable bonds is 8. The van der Waals surface area contributed by atoms with Gasteiger partial charge in [0, 0.05) is 24.4 Å². The van der Waals surface area contributed by atoms with Crippen LogP contribution in [0.1, 0.15) is 18.0 Å². The first-order valence-corrected chi connectivity index (χ1v) is 11.2. The fraction of sp³-hybridized carbons (Fsp3) is 0.364. The Hall–Kier alpha value is -3.94. The quantitative estimate of drug-likeness (QED) is 0.202. The van der Waals surface area contributed by atoms with E-state index in [4.69, 9.17) is 21.2 Å². The van der Waals surface area contributed by atoms with E-state index >= 15 is 0 Å². The van der Waals surface area contributed by atoms with Crippen molar-refractivity contribution in [2.24, 2.45) is 0 Å². The second kappa shape index (κ2) is 9.74. The molecule has 13 heteroatoms. The smallest absolute Gasteiger partial charge is 0.222 e. The molecule has 182 valence electrons. The third kappa shape index (κ3) is 4.82. The lowest BCUT2D eigenvalue weighted by Crippen LogP contribution is -2.28. The number of hydrogen-bond acceptors (Lipinski definition) is 13. The first-order chi connectivity index (χ1) is 17.0. The van der Waals surface area contributed by atoms with Crippen LogP contribution in [0.4, 0.5) is 23.5 Å². The fourth-order valence-electron chi connectivity index (χ4n) is 4.09. The van der Waals surface area contributed by atoms with Gasteiger partial charge in [0.2, 0.25) is 11.9 Å². The number of nitrogens with zero attached hydrogens (tertiary/aromatic N) is 6. The zero-order chi connectivity index (χ0) is 24.4. The van der Waals surface area contributed by atoms with E-state index < -0.39 is 6.04 Å². The number of ether oxygens (including phenoxy) is 1. The molecule has 0 amide bonds. The molecule has 2 unspecified atom stereocenters. The number of nitrogens with one attached hydrogen (secondary N) is 2. The van der Waals surface area contributed by atoms with E-state index in [0.29, 0.717) is 46.9 Å². The Labute approximate surface area is 200 Å². The van der Waals surface area contributed by atoms with Crippen molar-refractivity contribution < 1.29 is 14.9 Å². The van der Waals surface area contributed by atoms with Gasteiger partial charge in [0.25, 0.3) is 0 Å². The summed E-state index contributed by atoms with van der Waals surface area (Å²) in [5.74, 6) is 1.24. The van der Waals surface area contributed by atoms with E-state index in [2.05, 4.69) is 35.6 Å². The third-order valence-electron chi connectivity index (χ3n) is 5.83. The van der Waals surface area contributed by atoms with Crippen molar-refractivity contribution in [1.82, 2.24) is 29.9 Å². The molecule has 5 rings (SSSR count). The molecule has 1 saturated heterocycles. The van der Waals surface area contributed by atoms with Crippen LogP contribution in [0.5, 0.6) is 0 Å². The van der Waals surface area contributed by atoms with Gasteiger partial charge in [0.15, 0.2) is 11.6 Å². The highest BCUT2D eigenvalue weighted by Crippen LogP contribution is 2.31. The molecule has 35 heavy (non-hydrogen) atoms. The topological polar surface area (TPSA) is 203 Å². The summed E-state index contributed by atoms with van der Waals surface area (Å²) in [6.07, 6.45) is 2.36. The Morgan fingerprint density at radius 1 is 0.943 bits per heavy atom. The van der Waals surface area contributed by atoms with Gasteiger partial charge in [-0.1, -0.05) is 0 Å². The van der Waals surface area contributed by atoms with Crippen molar-refractivity contribution in [2.45, 2.75) is 24.5 Å². The van der Waals surface area contributed by atoms with Crippen LogP contribution in [0.2, 0.25) is 0 Å². The number of nitrogens with two attached hydrogens (primary N) is 2. The molecule has 1 fully saturated rings. The summed E-state index contributed by atoms with van der Waals surface area (Å²) >= 11 is 0. The predicted molar refractivity (Wildman–Crippen MR) is 131 cm³/mol. The SMILES string of the molecule is Nc1nc(NCC2CC(c3ccc4nc(N)nc(NC(CO)CO)c4n3)CO2)c2ncccc2n1. The highest BCUT2D eigenvalue weighted by atomic mass is 16.5. The number of aliphatic hydroxyl groups is 2. The summed E-state index contributed by atoms with van der Waals surface area (Å²) in [6, 6.07) is 6.78. The molecule has 4 aromatic heterocycles. The van der Waals surface area contributed by atoms with E-state index in [1.807, 2.05) is 18.2 Å². The second-order valence-corrected chi connectivity index (χ2v) is 8.31. The fourth-order valence-corrected chi connectivity index (χ4v) is 4.09. The molecule has 0 aliphatic carbocycles. The number of fused-ring (bicyclic) bond motifs is 2. The maximum atomic E-state index is 9.43. The van der Waals surface area contributed by atoms with E-state index in [0.717, 1.165) is 12.1 Å². The number of aromatic nitrogens is 6. The van der Waals surface area contributed by atoms with Gasteiger partial charge in [-0.15, -0.1) is 0 Å². The lowest BCUT2D eigenvalue weighted by atomic mass is 10.0. The molecule has 1 aliphatic rings. The average molecular weight is 479 g/mol. The summed E-state index contributed by atoms with van der Waals surface area (Å²) in [4.78, 5) is 26.1.